The minimum Gasteiger partial charge on any atom is -0.368 e. The molecule has 1 fully saturated rings. The molecule has 0 spiro atoms. The average Bonchev–Trinajstić information content (AvgIpc) is 2.65. The number of amides is 2. The maximum Gasteiger partial charge on any atom is 0.243 e. The fourth-order valence-corrected chi connectivity index (χ4v) is 2.02. The molecule has 0 heterocycles. The Kier molecular flexibility index (Phi) is 3.30. The summed E-state index contributed by atoms with van der Waals surface area (Å²) >= 11 is 0. The molecule has 0 bridgehead atoms. The molecule has 1 aliphatic rings. The molecule has 1 rings (SSSR count). The van der Waals surface area contributed by atoms with E-state index in [-0.39, 0.29) is 12.5 Å². The molecule has 1 aliphatic carbocycles. The van der Waals surface area contributed by atoms with Gasteiger partial charge in [0.15, 0.2) is 0 Å². The normalized spacial score (nSPS) is 18.1. The first-order chi connectivity index (χ1) is 7.02. The van der Waals surface area contributed by atoms with Crippen molar-refractivity contribution in [2.45, 2.75) is 25.7 Å². The monoisotopic (exact) mass is 209 g/mol. The molecule has 0 aromatic rings. The van der Waals surface area contributed by atoms with Gasteiger partial charge in [0, 0.05) is 7.05 Å². The number of nitrogens with zero attached hydrogens (tertiary/aromatic N) is 2. The summed E-state index contributed by atoms with van der Waals surface area (Å²) < 4.78 is 0. The number of nitrogens with two attached hydrogens (primary N) is 1. The Bertz CT molecular complexity index is 313. The number of rotatable bonds is 3. The SMILES string of the molecule is CN(CC(N)=O)C(=O)C1(C#N)CCCC1. The van der Waals surface area contributed by atoms with E-state index in [2.05, 4.69) is 6.07 Å². The van der Waals surface area contributed by atoms with Crippen molar-refractivity contribution in [1.82, 2.24) is 4.90 Å². The molecular weight excluding hydrogens is 194 g/mol. The summed E-state index contributed by atoms with van der Waals surface area (Å²) in [6.07, 6.45) is 2.96. The van der Waals surface area contributed by atoms with Crippen molar-refractivity contribution in [3.63, 3.8) is 0 Å². The molecule has 0 atom stereocenters. The molecule has 0 aliphatic heterocycles. The Hall–Kier alpha value is -1.57. The first-order valence-corrected chi connectivity index (χ1v) is 4.97. The lowest BCUT2D eigenvalue weighted by Crippen LogP contribution is -2.43. The second-order valence-electron chi connectivity index (χ2n) is 4.03. The standard InChI is InChI=1S/C10H15N3O2/c1-13(6-8(12)14)9(15)10(7-11)4-2-3-5-10/h2-6H2,1H3,(H2,12,14). The van der Waals surface area contributed by atoms with Gasteiger partial charge in [-0.05, 0) is 12.8 Å². The van der Waals surface area contributed by atoms with Crippen LogP contribution < -0.4 is 5.73 Å². The van der Waals surface area contributed by atoms with Gasteiger partial charge in [0.25, 0.3) is 0 Å². The molecule has 0 radical (unpaired) electrons. The summed E-state index contributed by atoms with van der Waals surface area (Å²) in [6.45, 7) is -0.123. The highest BCUT2D eigenvalue weighted by Gasteiger charge is 2.43. The van der Waals surface area contributed by atoms with Crippen LogP contribution in [0.25, 0.3) is 0 Å². The summed E-state index contributed by atoms with van der Waals surface area (Å²) in [6, 6.07) is 2.09. The van der Waals surface area contributed by atoms with Crippen LogP contribution in [0.3, 0.4) is 0 Å². The topological polar surface area (TPSA) is 87.2 Å². The van der Waals surface area contributed by atoms with Crippen molar-refractivity contribution < 1.29 is 9.59 Å². The van der Waals surface area contributed by atoms with E-state index in [1.54, 1.807) is 0 Å². The zero-order valence-electron chi connectivity index (χ0n) is 8.82. The second-order valence-corrected chi connectivity index (χ2v) is 4.03. The number of carbonyl (C=O) groups is 2. The predicted octanol–water partition coefficient (Wildman–Crippen LogP) is 0.0141. The fraction of sp³-hybridized carbons (Fsp3) is 0.700. The Labute approximate surface area is 88.8 Å². The number of primary amides is 1. The first kappa shape index (κ1) is 11.5. The van der Waals surface area contributed by atoms with Gasteiger partial charge in [-0.3, -0.25) is 9.59 Å². The molecule has 5 nitrogen and oxygen atoms in total. The zero-order chi connectivity index (χ0) is 11.5. The highest BCUT2D eigenvalue weighted by Crippen LogP contribution is 2.38. The van der Waals surface area contributed by atoms with Gasteiger partial charge >= 0.3 is 0 Å². The number of hydrogen-bond donors (Lipinski definition) is 1. The van der Waals surface area contributed by atoms with Crippen LogP contribution in [0, 0.1) is 16.7 Å². The maximum atomic E-state index is 11.9. The third-order valence-electron chi connectivity index (χ3n) is 2.82. The van der Waals surface area contributed by atoms with Crippen molar-refractivity contribution in [3.8, 4) is 6.07 Å². The van der Waals surface area contributed by atoms with E-state index in [0.717, 1.165) is 12.8 Å². The molecule has 82 valence electrons. The summed E-state index contributed by atoms with van der Waals surface area (Å²) in [7, 11) is 1.50. The van der Waals surface area contributed by atoms with E-state index in [9.17, 15) is 9.59 Å². The molecule has 0 aromatic heterocycles. The van der Waals surface area contributed by atoms with Crippen LogP contribution in [-0.4, -0.2) is 30.3 Å². The van der Waals surface area contributed by atoms with Crippen molar-refractivity contribution in [3.05, 3.63) is 0 Å². The van der Waals surface area contributed by atoms with Crippen molar-refractivity contribution in [1.29, 1.82) is 5.26 Å². The van der Waals surface area contributed by atoms with Gasteiger partial charge in [-0.25, -0.2) is 0 Å². The number of carbonyl (C=O) groups excluding carboxylic acids is 2. The highest BCUT2D eigenvalue weighted by molar-refractivity contribution is 5.89. The number of likely N-dealkylation sites (N-methyl/N-ethyl adjacent to an activating group) is 1. The summed E-state index contributed by atoms with van der Waals surface area (Å²) in [5.41, 5.74) is 4.09. The maximum absolute atomic E-state index is 11.9. The Balaban J connectivity index is 2.74. The van der Waals surface area contributed by atoms with E-state index in [4.69, 9.17) is 11.0 Å². The molecule has 0 saturated heterocycles. The van der Waals surface area contributed by atoms with Crippen LogP contribution in [-0.2, 0) is 9.59 Å². The van der Waals surface area contributed by atoms with Gasteiger partial charge in [0.1, 0.15) is 5.41 Å². The van der Waals surface area contributed by atoms with Gasteiger partial charge in [-0.15, -0.1) is 0 Å². The van der Waals surface area contributed by atoms with Crippen LogP contribution >= 0.6 is 0 Å². The van der Waals surface area contributed by atoms with Crippen LogP contribution in [0.1, 0.15) is 25.7 Å². The third kappa shape index (κ3) is 2.27. The summed E-state index contributed by atoms with van der Waals surface area (Å²) in [5, 5.41) is 9.06. The zero-order valence-corrected chi connectivity index (χ0v) is 8.82. The lowest BCUT2D eigenvalue weighted by Gasteiger charge is -2.25. The first-order valence-electron chi connectivity index (χ1n) is 4.97. The third-order valence-corrected chi connectivity index (χ3v) is 2.82. The predicted molar refractivity (Wildman–Crippen MR) is 53.3 cm³/mol. The minimum absolute atomic E-state index is 0.123. The Morgan fingerprint density at radius 2 is 2.00 bits per heavy atom. The number of nitriles is 1. The van der Waals surface area contributed by atoms with Crippen LogP contribution in [0.4, 0.5) is 0 Å². The van der Waals surface area contributed by atoms with Crippen molar-refractivity contribution >= 4 is 11.8 Å². The average molecular weight is 209 g/mol. The van der Waals surface area contributed by atoms with Crippen LogP contribution in [0.15, 0.2) is 0 Å². The fourth-order valence-electron chi connectivity index (χ4n) is 2.02. The molecule has 0 aromatic carbocycles. The molecule has 2 N–H and O–H groups in total. The summed E-state index contributed by atoms with van der Waals surface area (Å²) in [4.78, 5) is 23.8. The van der Waals surface area contributed by atoms with Crippen molar-refractivity contribution in [2.24, 2.45) is 11.1 Å². The molecule has 15 heavy (non-hydrogen) atoms. The quantitative estimate of drug-likeness (QED) is 0.710. The van der Waals surface area contributed by atoms with Gasteiger partial charge < -0.3 is 10.6 Å². The molecule has 5 heteroatoms. The smallest absolute Gasteiger partial charge is 0.243 e. The lowest BCUT2D eigenvalue weighted by atomic mass is 9.86. The van der Waals surface area contributed by atoms with Crippen molar-refractivity contribution in [2.75, 3.05) is 13.6 Å². The van der Waals surface area contributed by atoms with Gasteiger partial charge in [0.2, 0.25) is 11.8 Å². The largest absolute Gasteiger partial charge is 0.368 e. The lowest BCUT2D eigenvalue weighted by molar-refractivity contribution is -0.140. The van der Waals surface area contributed by atoms with Gasteiger partial charge in [-0.2, -0.15) is 5.26 Å². The molecule has 0 unspecified atom stereocenters. The van der Waals surface area contributed by atoms with Crippen LogP contribution in [0.5, 0.6) is 0 Å². The molecule has 2 amide bonds. The van der Waals surface area contributed by atoms with Gasteiger partial charge in [-0.1, -0.05) is 12.8 Å². The summed E-state index contributed by atoms with van der Waals surface area (Å²) in [5.74, 6) is -0.835. The van der Waals surface area contributed by atoms with E-state index in [1.165, 1.54) is 11.9 Å². The molecular formula is C10H15N3O2. The minimum atomic E-state index is -0.912. The Morgan fingerprint density at radius 3 is 2.40 bits per heavy atom. The van der Waals surface area contributed by atoms with E-state index in [0.29, 0.717) is 12.8 Å². The van der Waals surface area contributed by atoms with Crippen LogP contribution in [0.2, 0.25) is 0 Å². The second kappa shape index (κ2) is 4.30. The number of hydrogen-bond acceptors (Lipinski definition) is 3. The van der Waals surface area contributed by atoms with E-state index >= 15 is 0 Å². The van der Waals surface area contributed by atoms with Gasteiger partial charge in [0.05, 0.1) is 12.6 Å². The highest BCUT2D eigenvalue weighted by atomic mass is 16.2. The van der Waals surface area contributed by atoms with E-state index < -0.39 is 11.3 Å². The Morgan fingerprint density at radius 1 is 1.47 bits per heavy atom. The molecule has 1 saturated carbocycles. The van der Waals surface area contributed by atoms with E-state index in [1.807, 2.05) is 0 Å².